The molecule has 0 aliphatic carbocycles. The molecule has 0 aliphatic rings. The third kappa shape index (κ3) is 6.31. The zero-order valence-electron chi connectivity index (χ0n) is 15.3. The van der Waals surface area contributed by atoms with E-state index in [0.717, 1.165) is 0 Å². The number of hydrogen-bond donors (Lipinski definition) is 3. The number of rotatable bonds is 7. The molecule has 0 bridgehead atoms. The molecule has 0 unspecified atom stereocenters. The third-order valence-electron chi connectivity index (χ3n) is 3.30. The standard InChI is InChI=1S/C17H17ClN4O5S2/c1-10(23)21-12-3-5-13(6-4-12)29(24,25)27-16-14(18)7-11(8-15(16)26-2)9-20-22-17(19)28/h3-9H,1-2H3,(H,21,23)(H3,19,22,28)/b20-9-. The maximum Gasteiger partial charge on any atom is 0.339 e. The molecule has 2 rings (SSSR count). The first-order valence-corrected chi connectivity index (χ1v) is 10.1. The lowest BCUT2D eigenvalue weighted by Crippen LogP contribution is -2.24. The second-order valence-corrected chi connectivity index (χ2v) is 7.90. The maximum absolute atomic E-state index is 12.6. The van der Waals surface area contributed by atoms with Crippen molar-refractivity contribution in [2.75, 3.05) is 12.4 Å². The van der Waals surface area contributed by atoms with Crippen molar-refractivity contribution in [1.82, 2.24) is 5.43 Å². The van der Waals surface area contributed by atoms with Gasteiger partial charge >= 0.3 is 10.1 Å². The van der Waals surface area contributed by atoms with E-state index in [2.05, 4.69) is 28.1 Å². The lowest BCUT2D eigenvalue weighted by molar-refractivity contribution is -0.114. The van der Waals surface area contributed by atoms with E-state index >= 15 is 0 Å². The average Bonchev–Trinajstić information content (AvgIpc) is 2.63. The van der Waals surface area contributed by atoms with Crippen LogP contribution in [0.15, 0.2) is 46.4 Å². The summed E-state index contributed by atoms with van der Waals surface area (Å²) < 4.78 is 35.6. The maximum atomic E-state index is 12.6. The van der Waals surface area contributed by atoms with Gasteiger partial charge in [0.25, 0.3) is 0 Å². The minimum absolute atomic E-state index is 0.0143. The van der Waals surface area contributed by atoms with Gasteiger partial charge in [0.1, 0.15) is 4.90 Å². The second-order valence-electron chi connectivity index (χ2n) is 5.51. The van der Waals surface area contributed by atoms with E-state index in [-0.39, 0.29) is 32.4 Å². The van der Waals surface area contributed by atoms with Crippen LogP contribution in [0.2, 0.25) is 5.02 Å². The monoisotopic (exact) mass is 456 g/mol. The number of anilines is 1. The lowest BCUT2D eigenvalue weighted by atomic mass is 10.2. The molecule has 12 heteroatoms. The smallest absolute Gasteiger partial charge is 0.339 e. The number of nitrogens with two attached hydrogens (primary N) is 1. The zero-order valence-corrected chi connectivity index (χ0v) is 17.7. The molecule has 0 aliphatic heterocycles. The first kappa shape index (κ1) is 22.4. The number of nitrogens with one attached hydrogen (secondary N) is 2. The van der Waals surface area contributed by atoms with Gasteiger partial charge in [0.15, 0.2) is 10.9 Å². The lowest BCUT2D eigenvalue weighted by Gasteiger charge is -2.13. The van der Waals surface area contributed by atoms with Crippen molar-refractivity contribution in [2.24, 2.45) is 10.8 Å². The molecular weight excluding hydrogens is 440 g/mol. The van der Waals surface area contributed by atoms with Gasteiger partial charge in [0.05, 0.1) is 18.3 Å². The predicted octanol–water partition coefficient (Wildman–Crippen LogP) is 2.24. The van der Waals surface area contributed by atoms with Crippen LogP contribution in [0, 0.1) is 0 Å². The molecule has 154 valence electrons. The summed E-state index contributed by atoms with van der Waals surface area (Å²) in [6.07, 6.45) is 1.37. The molecule has 1 amide bonds. The van der Waals surface area contributed by atoms with Crippen LogP contribution in [0.1, 0.15) is 12.5 Å². The number of nitrogens with zero attached hydrogens (tertiary/aromatic N) is 1. The minimum atomic E-state index is -4.21. The highest BCUT2D eigenvalue weighted by Crippen LogP contribution is 2.38. The highest BCUT2D eigenvalue weighted by atomic mass is 35.5. The Balaban J connectivity index is 2.30. The van der Waals surface area contributed by atoms with Crippen LogP contribution < -0.4 is 25.4 Å². The normalized spacial score (nSPS) is 11.1. The van der Waals surface area contributed by atoms with E-state index in [9.17, 15) is 13.2 Å². The van der Waals surface area contributed by atoms with Crippen LogP contribution in [-0.4, -0.2) is 32.8 Å². The SMILES string of the molecule is COc1cc(/C=N\NC(N)=S)cc(Cl)c1OS(=O)(=O)c1ccc(NC(C)=O)cc1. The van der Waals surface area contributed by atoms with Crippen molar-refractivity contribution in [1.29, 1.82) is 0 Å². The topological polar surface area (TPSA) is 132 Å². The van der Waals surface area contributed by atoms with Crippen LogP contribution in [0.3, 0.4) is 0 Å². The number of carbonyl (C=O) groups is 1. The molecule has 0 radical (unpaired) electrons. The van der Waals surface area contributed by atoms with E-state index in [1.54, 1.807) is 0 Å². The van der Waals surface area contributed by atoms with Crippen LogP contribution in [0.25, 0.3) is 0 Å². The number of carbonyl (C=O) groups excluding carboxylic acids is 1. The Kier molecular flexibility index (Phi) is 7.37. The summed E-state index contributed by atoms with van der Waals surface area (Å²) in [7, 11) is -2.88. The van der Waals surface area contributed by atoms with Crippen molar-refractivity contribution in [3.8, 4) is 11.5 Å². The molecule has 0 saturated carbocycles. The van der Waals surface area contributed by atoms with Crippen LogP contribution in [0.4, 0.5) is 5.69 Å². The number of halogens is 1. The van der Waals surface area contributed by atoms with E-state index in [0.29, 0.717) is 11.3 Å². The Labute approximate surface area is 178 Å². The minimum Gasteiger partial charge on any atom is -0.493 e. The Hall–Kier alpha value is -2.89. The quantitative estimate of drug-likeness (QED) is 0.250. The van der Waals surface area contributed by atoms with Gasteiger partial charge in [0, 0.05) is 12.6 Å². The molecule has 2 aromatic carbocycles. The third-order valence-corrected chi connectivity index (χ3v) is 4.90. The summed E-state index contributed by atoms with van der Waals surface area (Å²) in [5.41, 5.74) is 8.59. The first-order valence-electron chi connectivity index (χ1n) is 7.90. The van der Waals surface area contributed by atoms with Gasteiger partial charge < -0.3 is 20.0 Å². The molecule has 0 atom stereocenters. The number of hydrogen-bond acceptors (Lipinski definition) is 7. The molecular formula is C17H17ClN4O5S2. The van der Waals surface area contributed by atoms with Crippen LogP contribution in [0.5, 0.6) is 11.5 Å². The Morgan fingerprint density at radius 1 is 1.28 bits per heavy atom. The van der Waals surface area contributed by atoms with Crippen molar-refractivity contribution < 1.29 is 22.1 Å². The van der Waals surface area contributed by atoms with E-state index < -0.39 is 10.1 Å². The predicted molar refractivity (Wildman–Crippen MR) is 114 cm³/mol. The van der Waals surface area contributed by atoms with Gasteiger partial charge in [-0.05, 0) is 54.2 Å². The fourth-order valence-electron chi connectivity index (χ4n) is 2.13. The van der Waals surface area contributed by atoms with Gasteiger partial charge in [-0.2, -0.15) is 13.5 Å². The molecule has 9 nitrogen and oxygen atoms in total. The summed E-state index contributed by atoms with van der Waals surface area (Å²) in [5.74, 6) is -0.382. The summed E-state index contributed by atoms with van der Waals surface area (Å²) in [4.78, 5) is 10.9. The summed E-state index contributed by atoms with van der Waals surface area (Å²) in [6.45, 7) is 1.34. The fourth-order valence-corrected chi connectivity index (χ4v) is 3.44. The summed E-state index contributed by atoms with van der Waals surface area (Å²) >= 11 is 10.8. The van der Waals surface area contributed by atoms with Crippen molar-refractivity contribution in [3.63, 3.8) is 0 Å². The fraction of sp³-hybridized carbons (Fsp3) is 0.118. The number of benzene rings is 2. The number of thiocarbonyl (C=S) groups is 1. The summed E-state index contributed by atoms with van der Waals surface area (Å²) in [6, 6.07) is 8.36. The number of hydrazone groups is 1. The van der Waals surface area contributed by atoms with Gasteiger partial charge in [-0.3, -0.25) is 10.2 Å². The molecule has 0 aromatic heterocycles. The van der Waals surface area contributed by atoms with E-state index in [4.69, 9.17) is 26.3 Å². The Morgan fingerprint density at radius 2 is 1.93 bits per heavy atom. The van der Waals surface area contributed by atoms with Gasteiger partial charge in [0.2, 0.25) is 11.7 Å². The first-order chi connectivity index (χ1) is 13.6. The van der Waals surface area contributed by atoms with Crippen molar-refractivity contribution in [3.05, 3.63) is 47.0 Å². The number of ether oxygens (including phenoxy) is 1. The molecule has 2 aromatic rings. The van der Waals surface area contributed by atoms with Gasteiger partial charge in [-0.1, -0.05) is 11.6 Å². The van der Waals surface area contributed by atoms with Gasteiger partial charge in [-0.15, -0.1) is 0 Å². The van der Waals surface area contributed by atoms with Crippen molar-refractivity contribution >= 4 is 56.9 Å². The van der Waals surface area contributed by atoms with Gasteiger partial charge in [-0.25, -0.2) is 0 Å². The van der Waals surface area contributed by atoms with Crippen molar-refractivity contribution in [2.45, 2.75) is 11.8 Å². The number of methoxy groups -OCH3 is 1. The molecule has 0 fully saturated rings. The van der Waals surface area contributed by atoms with E-state index in [1.165, 1.54) is 56.6 Å². The molecule has 0 spiro atoms. The molecule has 4 N–H and O–H groups in total. The molecule has 0 heterocycles. The van der Waals surface area contributed by atoms with Crippen LogP contribution in [-0.2, 0) is 14.9 Å². The van der Waals surface area contributed by atoms with E-state index in [1.807, 2.05) is 0 Å². The Bertz CT molecular complexity index is 1060. The summed E-state index contributed by atoms with van der Waals surface area (Å²) in [5, 5.41) is 6.30. The average molecular weight is 457 g/mol. The molecule has 0 saturated heterocycles. The zero-order chi connectivity index (χ0) is 21.6. The number of amides is 1. The molecule has 29 heavy (non-hydrogen) atoms. The highest BCUT2D eigenvalue weighted by Gasteiger charge is 2.22. The largest absolute Gasteiger partial charge is 0.493 e. The Morgan fingerprint density at radius 3 is 2.48 bits per heavy atom. The highest BCUT2D eigenvalue weighted by molar-refractivity contribution is 7.87. The second kappa shape index (κ2) is 9.54. The van der Waals surface area contributed by atoms with Crippen LogP contribution >= 0.6 is 23.8 Å².